The molecule has 0 aliphatic carbocycles. The van der Waals surface area contributed by atoms with Crippen molar-refractivity contribution in [2.45, 2.75) is 40.7 Å². The lowest BCUT2D eigenvalue weighted by atomic mass is 9.94. The van der Waals surface area contributed by atoms with E-state index in [1.807, 2.05) is 51.7 Å². The number of nitrogens with zero attached hydrogens (tertiary/aromatic N) is 2. The van der Waals surface area contributed by atoms with Crippen LogP contribution in [0.4, 0.5) is 11.4 Å². The summed E-state index contributed by atoms with van der Waals surface area (Å²) in [7, 11) is 0. The van der Waals surface area contributed by atoms with E-state index in [4.69, 9.17) is 16.3 Å². The van der Waals surface area contributed by atoms with Gasteiger partial charge in [-0.25, -0.2) is 0 Å². The second kappa shape index (κ2) is 9.82. The number of amides is 2. The third kappa shape index (κ3) is 5.94. The summed E-state index contributed by atoms with van der Waals surface area (Å²) >= 11 is 6.54. The number of rotatable bonds is 5. The smallest absolute Gasteiger partial charge is 0.255 e. The number of ether oxygens (including phenoxy) is 1. The molecule has 7 heteroatoms. The van der Waals surface area contributed by atoms with E-state index in [9.17, 15) is 9.59 Å². The van der Waals surface area contributed by atoms with Crippen molar-refractivity contribution in [3.8, 4) is 5.75 Å². The van der Waals surface area contributed by atoms with Gasteiger partial charge in [0.15, 0.2) is 0 Å². The molecule has 0 atom stereocenters. The predicted molar refractivity (Wildman–Crippen MR) is 130 cm³/mol. The molecule has 3 rings (SSSR count). The highest BCUT2D eigenvalue weighted by Crippen LogP contribution is 2.30. The molecule has 0 unspecified atom stereocenters. The number of nitrogens with one attached hydrogen (secondary N) is 1. The van der Waals surface area contributed by atoms with Crippen LogP contribution in [0.25, 0.3) is 0 Å². The second-order valence-electron chi connectivity index (χ2n) is 9.34. The third-order valence-electron chi connectivity index (χ3n) is 5.24. The number of piperazine rings is 1. The maximum atomic E-state index is 12.6. The van der Waals surface area contributed by atoms with Crippen LogP contribution in [0.3, 0.4) is 0 Å². The number of carbonyl (C=O) groups excluding carboxylic acids is 2. The van der Waals surface area contributed by atoms with Crippen LogP contribution in [-0.2, 0) is 4.79 Å². The van der Waals surface area contributed by atoms with Gasteiger partial charge < -0.3 is 19.9 Å². The summed E-state index contributed by atoms with van der Waals surface area (Å²) in [6, 6.07) is 12.6. The summed E-state index contributed by atoms with van der Waals surface area (Å²) in [5, 5.41) is 3.46. The molecule has 32 heavy (non-hydrogen) atoms. The Kier molecular flexibility index (Phi) is 7.34. The van der Waals surface area contributed by atoms with Crippen molar-refractivity contribution in [2.75, 3.05) is 36.4 Å². The lowest BCUT2D eigenvalue weighted by Gasteiger charge is -2.39. The lowest BCUT2D eigenvalue weighted by molar-refractivity contribution is -0.139. The molecule has 1 saturated heterocycles. The fraction of sp³-hybridized carbons (Fsp3) is 0.440. The van der Waals surface area contributed by atoms with Crippen LogP contribution in [0, 0.1) is 5.41 Å². The van der Waals surface area contributed by atoms with Crippen LogP contribution in [0.15, 0.2) is 42.5 Å². The first kappa shape index (κ1) is 23.9. The summed E-state index contributed by atoms with van der Waals surface area (Å²) in [4.78, 5) is 29.2. The highest BCUT2D eigenvalue weighted by atomic mass is 35.5. The molecule has 0 radical (unpaired) electrons. The Bertz CT molecular complexity index is 959. The fourth-order valence-electron chi connectivity index (χ4n) is 3.63. The zero-order valence-corrected chi connectivity index (χ0v) is 20.2. The molecule has 1 fully saturated rings. The largest absolute Gasteiger partial charge is 0.491 e. The minimum Gasteiger partial charge on any atom is -0.491 e. The molecule has 6 nitrogen and oxygen atoms in total. The van der Waals surface area contributed by atoms with E-state index in [1.54, 1.807) is 30.3 Å². The van der Waals surface area contributed by atoms with Gasteiger partial charge in [0.25, 0.3) is 5.91 Å². The lowest BCUT2D eigenvalue weighted by Crippen LogP contribution is -2.51. The van der Waals surface area contributed by atoms with E-state index in [1.165, 1.54) is 0 Å². The molecular formula is C25H32ClN3O3. The number of carbonyl (C=O) groups is 2. The van der Waals surface area contributed by atoms with Crippen molar-refractivity contribution in [3.63, 3.8) is 0 Å². The van der Waals surface area contributed by atoms with Crippen LogP contribution in [-0.4, -0.2) is 49.0 Å². The molecule has 2 aromatic carbocycles. The number of hydrogen-bond acceptors (Lipinski definition) is 4. The van der Waals surface area contributed by atoms with Crippen molar-refractivity contribution < 1.29 is 14.3 Å². The average Bonchev–Trinajstić information content (AvgIpc) is 2.73. The van der Waals surface area contributed by atoms with Crippen LogP contribution < -0.4 is 15.0 Å². The maximum absolute atomic E-state index is 12.6. The second-order valence-corrected chi connectivity index (χ2v) is 9.75. The number of hydrogen-bond donors (Lipinski definition) is 1. The summed E-state index contributed by atoms with van der Waals surface area (Å²) in [5.74, 6) is 0.692. The monoisotopic (exact) mass is 457 g/mol. The standard InChI is InChI=1S/C25H32ClN3O3/c1-17(2)32-20-9-6-18(7-10-20)23(30)27-19-8-11-22(21(26)16-19)28-12-14-29(15-13-28)24(31)25(3,4)5/h6-11,16-17H,12-15H2,1-5H3,(H,27,30). The third-order valence-corrected chi connectivity index (χ3v) is 5.55. The van der Waals surface area contributed by atoms with Crippen molar-refractivity contribution in [2.24, 2.45) is 5.41 Å². The maximum Gasteiger partial charge on any atom is 0.255 e. The molecule has 2 amide bonds. The van der Waals surface area contributed by atoms with Crippen molar-refractivity contribution >= 4 is 34.8 Å². The summed E-state index contributed by atoms with van der Waals surface area (Å²) in [6.07, 6.45) is 0.0808. The molecule has 0 aromatic heterocycles. The first-order valence-corrected chi connectivity index (χ1v) is 11.3. The Labute approximate surface area is 195 Å². The first-order valence-electron chi connectivity index (χ1n) is 11.0. The Balaban J connectivity index is 1.61. The Morgan fingerprint density at radius 3 is 2.16 bits per heavy atom. The van der Waals surface area contributed by atoms with E-state index < -0.39 is 0 Å². The van der Waals surface area contributed by atoms with Crippen LogP contribution in [0.5, 0.6) is 5.75 Å². The van der Waals surface area contributed by atoms with Gasteiger partial charge in [0.2, 0.25) is 5.91 Å². The minimum atomic E-state index is -0.374. The van der Waals surface area contributed by atoms with Crippen molar-refractivity contribution in [1.29, 1.82) is 0 Å². The number of benzene rings is 2. The summed E-state index contributed by atoms with van der Waals surface area (Å²) < 4.78 is 5.61. The predicted octanol–water partition coefficient (Wildman–Crippen LogP) is 5.07. The van der Waals surface area contributed by atoms with Gasteiger partial charge in [-0.05, 0) is 56.3 Å². The van der Waals surface area contributed by atoms with Crippen LogP contribution in [0.2, 0.25) is 5.02 Å². The zero-order valence-electron chi connectivity index (χ0n) is 19.4. The Hall–Kier alpha value is -2.73. The van der Waals surface area contributed by atoms with Crippen LogP contribution >= 0.6 is 11.6 Å². The van der Waals surface area contributed by atoms with Gasteiger partial charge in [-0.2, -0.15) is 0 Å². The fourth-order valence-corrected chi connectivity index (χ4v) is 3.93. The SMILES string of the molecule is CC(C)Oc1ccc(C(=O)Nc2ccc(N3CCN(C(=O)C(C)(C)C)CC3)c(Cl)c2)cc1. The Morgan fingerprint density at radius 2 is 1.62 bits per heavy atom. The van der Waals surface area contributed by atoms with Gasteiger partial charge in [0.05, 0.1) is 16.8 Å². The highest BCUT2D eigenvalue weighted by molar-refractivity contribution is 6.33. The summed E-state index contributed by atoms with van der Waals surface area (Å²) in [5.41, 5.74) is 1.71. The van der Waals surface area contributed by atoms with Crippen molar-refractivity contribution in [3.05, 3.63) is 53.1 Å². The molecule has 0 spiro atoms. The zero-order chi connectivity index (χ0) is 23.5. The molecular weight excluding hydrogens is 426 g/mol. The average molecular weight is 458 g/mol. The molecule has 172 valence electrons. The van der Waals surface area contributed by atoms with E-state index in [-0.39, 0.29) is 23.3 Å². The summed E-state index contributed by atoms with van der Waals surface area (Å²) in [6.45, 7) is 12.5. The van der Waals surface area contributed by atoms with E-state index in [2.05, 4.69) is 10.2 Å². The normalized spacial score (nSPS) is 14.5. The molecule has 0 saturated carbocycles. The first-order chi connectivity index (χ1) is 15.0. The van der Waals surface area contributed by atoms with Crippen molar-refractivity contribution in [1.82, 2.24) is 4.90 Å². The van der Waals surface area contributed by atoms with E-state index in [0.717, 1.165) is 24.5 Å². The number of halogens is 1. The van der Waals surface area contributed by atoms with Gasteiger partial charge in [-0.3, -0.25) is 9.59 Å². The number of anilines is 2. The molecule has 1 aliphatic heterocycles. The quantitative estimate of drug-likeness (QED) is 0.680. The van der Waals surface area contributed by atoms with Gasteiger partial charge in [-0.1, -0.05) is 32.4 Å². The minimum absolute atomic E-state index is 0.0808. The topological polar surface area (TPSA) is 61.9 Å². The van der Waals surface area contributed by atoms with Gasteiger partial charge in [0, 0.05) is 42.8 Å². The van der Waals surface area contributed by atoms with Gasteiger partial charge >= 0.3 is 0 Å². The van der Waals surface area contributed by atoms with Gasteiger partial charge in [0.1, 0.15) is 5.75 Å². The van der Waals surface area contributed by atoms with Crippen LogP contribution in [0.1, 0.15) is 45.0 Å². The molecule has 1 aliphatic rings. The molecule has 1 N–H and O–H groups in total. The highest BCUT2D eigenvalue weighted by Gasteiger charge is 2.30. The molecule has 2 aromatic rings. The molecule has 0 bridgehead atoms. The van der Waals surface area contributed by atoms with E-state index >= 15 is 0 Å². The van der Waals surface area contributed by atoms with Gasteiger partial charge in [-0.15, -0.1) is 0 Å². The molecule has 1 heterocycles. The Morgan fingerprint density at radius 1 is 1.00 bits per heavy atom. The van der Waals surface area contributed by atoms with E-state index in [0.29, 0.717) is 29.4 Å².